The van der Waals surface area contributed by atoms with Crippen LogP contribution in [0, 0.1) is 6.92 Å². The van der Waals surface area contributed by atoms with Gasteiger partial charge in [0, 0.05) is 35.8 Å². The number of alkyl halides is 3. The molecule has 0 saturated carbocycles. The van der Waals surface area contributed by atoms with Crippen molar-refractivity contribution in [3.05, 3.63) is 66.5 Å². The summed E-state index contributed by atoms with van der Waals surface area (Å²) < 4.78 is 71.0. The van der Waals surface area contributed by atoms with E-state index in [1.807, 2.05) is 13.0 Å². The zero-order valence-corrected chi connectivity index (χ0v) is 22.3. The minimum absolute atomic E-state index is 0.0107. The summed E-state index contributed by atoms with van der Waals surface area (Å²) in [6.45, 7) is 3.62. The maximum atomic E-state index is 12.8. The van der Waals surface area contributed by atoms with Gasteiger partial charge in [0.25, 0.3) is 0 Å². The summed E-state index contributed by atoms with van der Waals surface area (Å²) in [4.78, 5) is 13.4. The van der Waals surface area contributed by atoms with E-state index >= 15 is 0 Å². The number of benzene rings is 2. The highest BCUT2D eigenvalue weighted by Crippen LogP contribution is 2.39. The Bertz CT molecular complexity index is 1630. The molecular formula is C27H27F3N6O3S. The number of ether oxygens (including phenoxy) is 1. The molecule has 1 aliphatic rings. The SMILES string of the molecule is Cc1ccc2c(NS(=O)(=O)CC(F)(F)F)cccc2c1Oc1ncccc1-c1ccnc(NC2CCCNC2)n1. The van der Waals surface area contributed by atoms with E-state index < -0.39 is 22.0 Å². The summed E-state index contributed by atoms with van der Waals surface area (Å²) >= 11 is 0. The number of sulfonamides is 1. The quantitative estimate of drug-likeness (QED) is 0.262. The molecule has 0 spiro atoms. The summed E-state index contributed by atoms with van der Waals surface area (Å²) in [6.07, 6.45) is 0.426. The fraction of sp³-hybridized carbons (Fsp3) is 0.296. The topological polar surface area (TPSA) is 118 Å². The van der Waals surface area contributed by atoms with Gasteiger partial charge in [-0.25, -0.2) is 23.4 Å². The third-order valence-corrected chi connectivity index (χ3v) is 7.60. The zero-order chi connectivity index (χ0) is 28.3. The molecule has 1 unspecified atom stereocenters. The van der Waals surface area contributed by atoms with Gasteiger partial charge in [-0.1, -0.05) is 24.3 Å². The molecule has 2 aromatic carbocycles. The predicted octanol–water partition coefficient (Wildman–Crippen LogP) is 5.26. The highest BCUT2D eigenvalue weighted by molar-refractivity contribution is 7.92. The molecule has 40 heavy (non-hydrogen) atoms. The molecule has 1 fully saturated rings. The first-order chi connectivity index (χ1) is 19.1. The number of anilines is 2. The van der Waals surface area contributed by atoms with Gasteiger partial charge in [0.2, 0.25) is 21.9 Å². The Hall–Kier alpha value is -3.97. The molecule has 0 bridgehead atoms. The zero-order valence-electron chi connectivity index (χ0n) is 21.5. The highest BCUT2D eigenvalue weighted by Gasteiger charge is 2.35. The van der Waals surface area contributed by atoms with Crippen LogP contribution >= 0.6 is 0 Å². The normalized spacial score (nSPS) is 16.1. The molecule has 1 aliphatic heterocycles. The monoisotopic (exact) mass is 572 g/mol. The molecule has 13 heteroatoms. The summed E-state index contributed by atoms with van der Waals surface area (Å²) in [5.41, 5.74) is 1.92. The van der Waals surface area contributed by atoms with Crippen LogP contribution in [0.2, 0.25) is 0 Å². The number of aromatic nitrogens is 3. The van der Waals surface area contributed by atoms with Crippen LogP contribution in [-0.4, -0.2) is 54.4 Å². The number of hydrogen-bond donors (Lipinski definition) is 3. The van der Waals surface area contributed by atoms with Crippen molar-refractivity contribution in [1.29, 1.82) is 0 Å². The fourth-order valence-corrected chi connectivity index (χ4v) is 5.60. The predicted molar refractivity (Wildman–Crippen MR) is 147 cm³/mol. The van der Waals surface area contributed by atoms with Crippen molar-refractivity contribution in [2.75, 3.05) is 28.9 Å². The van der Waals surface area contributed by atoms with Crippen LogP contribution in [0.4, 0.5) is 24.8 Å². The van der Waals surface area contributed by atoms with E-state index in [4.69, 9.17) is 4.74 Å². The third kappa shape index (κ3) is 6.59. The van der Waals surface area contributed by atoms with E-state index in [1.165, 1.54) is 6.07 Å². The lowest BCUT2D eigenvalue weighted by atomic mass is 10.0. The second kappa shape index (κ2) is 11.3. The number of nitrogens with one attached hydrogen (secondary N) is 3. The number of nitrogens with zero attached hydrogens (tertiary/aromatic N) is 3. The molecule has 0 radical (unpaired) electrons. The lowest BCUT2D eigenvalue weighted by Gasteiger charge is -2.23. The van der Waals surface area contributed by atoms with E-state index in [9.17, 15) is 21.6 Å². The van der Waals surface area contributed by atoms with Crippen LogP contribution in [0.5, 0.6) is 11.6 Å². The van der Waals surface area contributed by atoms with Crippen molar-refractivity contribution in [3.8, 4) is 22.9 Å². The van der Waals surface area contributed by atoms with E-state index in [0.717, 1.165) is 25.9 Å². The van der Waals surface area contributed by atoms with Crippen molar-refractivity contribution < 1.29 is 26.3 Å². The van der Waals surface area contributed by atoms with E-state index in [0.29, 0.717) is 39.3 Å². The number of fused-ring (bicyclic) bond motifs is 1. The third-order valence-electron chi connectivity index (χ3n) is 6.36. The highest BCUT2D eigenvalue weighted by atomic mass is 32.2. The lowest BCUT2D eigenvalue weighted by Crippen LogP contribution is -2.38. The van der Waals surface area contributed by atoms with Crippen molar-refractivity contribution >= 4 is 32.4 Å². The Morgan fingerprint density at radius 2 is 1.90 bits per heavy atom. The van der Waals surface area contributed by atoms with Crippen molar-refractivity contribution in [1.82, 2.24) is 20.3 Å². The maximum Gasteiger partial charge on any atom is 0.404 e. The number of halogens is 3. The molecule has 1 atom stereocenters. The molecule has 3 N–H and O–H groups in total. The van der Waals surface area contributed by atoms with Crippen LogP contribution < -0.4 is 20.1 Å². The van der Waals surface area contributed by atoms with Gasteiger partial charge in [0.15, 0.2) is 5.75 Å². The van der Waals surface area contributed by atoms with Gasteiger partial charge >= 0.3 is 6.18 Å². The Morgan fingerprint density at radius 3 is 2.67 bits per heavy atom. The van der Waals surface area contributed by atoms with Crippen molar-refractivity contribution in [2.24, 2.45) is 0 Å². The number of hydrogen-bond acceptors (Lipinski definition) is 8. The van der Waals surface area contributed by atoms with E-state index in [-0.39, 0.29) is 17.6 Å². The largest absolute Gasteiger partial charge is 0.437 e. The van der Waals surface area contributed by atoms with E-state index in [2.05, 4.69) is 30.3 Å². The average Bonchev–Trinajstić information content (AvgIpc) is 2.90. The van der Waals surface area contributed by atoms with E-state index in [1.54, 1.807) is 48.8 Å². The smallest absolute Gasteiger partial charge is 0.404 e. The van der Waals surface area contributed by atoms with Gasteiger partial charge in [-0.15, -0.1) is 0 Å². The first kappa shape index (κ1) is 27.6. The van der Waals surface area contributed by atoms with Crippen LogP contribution in [-0.2, 0) is 10.0 Å². The molecule has 0 aliphatic carbocycles. The Morgan fingerprint density at radius 1 is 1.05 bits per heavy atom. The van der Waals surface area contributed by atoms with Gasteiger partial charge in [0.1, 0.15) is 5.75 Å². The number of piperidine rings is 1. The molecule has 5 rings (SSSR count). The van der Waals surface area contributed by atoms with Crippen LogP contribution in [0.3, 0.4) is 0 Å². The average molecular weight is 573 g/mol. The van der Waals surface area contributed by atoms with Gasteiger partial charge in [-0.05, 0) is 56.1 Å². The molecule has 0 amide bonds. The number of aryl methyl sites for hydroxylation is 1. The summed E-state index contributed by atoms with van der Waals surface area (Å²) in [6, 6.07) is 13.5. The minimum Gasteiger partial charge on any atom is -0.437 e. The molecule has 9 nitrogen and oxygen atoms in total. The van der Waals surface area contributed by atoms with Crippen LogP contribution in [0.15, 0.2) is 60.9 Å². The fourth-order valence-electron chi connectivity index (χ4n) is 4.58. The summed E-state index contributed by atoms with van der Waals surface area (Å²) in [5, 5.41) is 7.58. The van der Waals surface area contributed by atoms with Crippen molar-refractivity contribution in [3.63, 3.8) is 0 Å². The Labute approximate surface area is 229 Å². The van der Waals surface area contributed by atoms with Gasteiger partial charge in [0.05, 0.1) is 16.9 Å². The Kier molecular flexibility index (Phi) is 7.76. The van der Waals surface area contributed by atoms with Gasteiger partial charge in [-0.2, -0.15) is 13.2 Å². The minimum atomic E-state index is -4.87. The second-order valence-corrected chi connectivity index (χ2v) is 11.2. The summed E-state index contributed by atoms with van der Waals surface area (Å²) in [5.74, 6) is -0.867. The van der Waals surface area contributed by atoms with Crippen LogP contribution in [0.25, 0.3) is 22.0 Å². The molecule has 2 aromatic heterocycles. The standard InChI is InChI=1S/C27H27F3N6O3S/c1-17-9-10-19-20(6-2-8-23(19)36-40(37,38)16-27(28,29)30)24(17)39-25-21(7-4-13-32-25)22-11-14-33-26(35-22)34-18-5-3-12-31-15-18/h2,4,6-11,13-14,18,31,36H,3,5,12,15-16H2,1H3,(H,33,34,35). The Balaban J connectivity index is 1.47. The number of pyridine rings is 1. The number of rotatable bonds is 8. The molecule has 3 heterocycles. The lowest BCUT2D eigenvalue weighted by molar-refractivity contribution is -0.106. The maximum absolute atomic E-state index is 12.8. The first-order valence-electron chi connectivity index (χ1n) is 12.6. The molecule has 1 saturated heterocycles. The van der Waals surface area contributed by atoms with Gasteiger partial charge < -0.3 is 15.4 Å². The second-order valence-electron chi connectivity index (χ2n) is 9.50. The van der Waals surface area contributed by atoms with Crippen LogP contribution in [0.1, 0.15) is 18.4 Å². The molecular weight excluding hydrogens is 545 g/mol. The summed E-state index contributed by atoms with van der Waals surface area (Å²) in [7, 11) is -4.68. The molecule has 4 aromatic rings. The van der Waals surface area contributed by atoms with Gasteiger partial charge in [-0.3, -0.25) is 4.72 Å². The first-order valence-corrected chi connectivity index (χ1v) is 14.3. The van der Waals surface area contributed by atoms with Crippen molar-refractivity contribution in [2.45, 2.75) is 32.0 Å². The molecule has 210 valence electrons.